The number of carbonyl (C=O) groups is 2. The van der Waals surface area contributed by atoms with Crippen molar-refractivity contribution < 1.29 is 14.3 Å². The highest BCUT2D eigenvalue weighted by Crippen LogP contribution is 2.07. The van der Waals surface area contributed by atoms with E-state index in [1.807, 2.05) is 30.3 Å². The monoisotopic (exact) mass is 264 g/mol. The minimum absolute atomic E-state index is 0.491. The predicted molar refractivity (Wildman–Crippen MR) is 72.5 cm³/mol. The van der Waals surface area contributed by atoms with Gasteiger partial charge in [-0.05, 0) is 26.3 Å². The van der Waals surface area contributed by atoms with Gasteiger partial charge in [-0.15, -0.1) is 0 Å². The third-order valence-corrected chi connectivity index (χ3v) is 2.24. The van der Waals surface area contributed by atoms with Crippen LogP contribution in [-0.4, -0.2) is 24.3 Å². The van der Waals surface area contributed by atoms with Crippen LogP contribution >= 0.6 is 0 Å². The van der Waals surface area contributed by atoms with Crippen LogP contribution < -0.4 is 10.6 Å². The lowest BCUT2D eigenvalue weighted by atomic mass is 10.1. The van der Waals surface area contributed by atoms with Crippen LogP contribution in [0, 0.1) is 0 Å². The molecule has 0 bridgehead atoms. The number of rotatable bonds is 5. The standard InChI is InChI=1S/C14H20N2O3/c1-14(2,3)19-13(18)16-12(15-10-17)9-11-7-5-4-6-8-11/h4-8,10,12H,9H2,1-3H3,(H,15,17)(H,16,18)/t12-/m0/s1. The van der Waals surface area contributed by atoms with Crippen LogP contribution in [-0.2, 0) is 16.0 Å². The van der Waals surface area contributed by atoms with Gasteiger partial charge in [0.1, 0.15) is 11.8 Å². The molecule has 104 valence electrons. The number of benzene rings is 1. The Labute approximate surface area is 113 Å². The van der Waals surface area contributed by atoms with E-state index in [1.54, 1.807) is 20.8 Å². The molecular weight excluding hydrogens is 244 g/mol. The second-order valence-corrected chi connectivity index (χ2v) is 5.17. The van der Waals surface area contributed by atoms with Crippen LogP contribution in [0.5, 0.6) is 0 Å². The predicted octanol–water partition coefficient (Wildman–Crippen LogP) is 1.83. The topological polar surface area (TPSA) is 67.4 Å². The molecule has 5 heteroatoms. The zero-order valence-electron chi connectivity index (χ0n) is 11.5. The highest BCUT2D eigenvalue weighted by Gasteiger charge is 2.19. The fraction of sp³-hybridized carbons (Fsp3) is 0.429. The third kappa shape index (κ3) is 6.45. The van der Waals surface area contributed by atoms with E-state index in [0.717, 1.165) is 5.56 Å². The number of nitrogens with one attached hydrogen (secondary N) is 2. The minimum Gasteiger partial charge on any atom is -0.444 e. The van der Waals surface area contributed by atoms with Gasteiger partial charge in [0, 0.05) is 6.42 Å². The highest BCUT2D eigenvalue weighted by atomic mass is 16.6. The lowest BCUT2D eigenvalue weighted by Gasteiger charge is -2.23. The van der Waals surface area contributed by atoms with Gasteiger partial charge < -0.3 is 15.4 Å². The van der Waals surface area contributed by atoms with Crippen molar-refractivity contribution in [3.63, 3.8) is 0 Å². The van der Waals surface area contributed by atoms with Gasteiger partial charge in [0.25, 0.3) is 0 Å². The Balaban J connectivity index is 2.58. The smallest absolute Gasteiger partial charge is 0.409 e. The van der Waals surface area contributed by atoms with Crippen LogP contribution in [0.25, 0.3) is 0 Å². The van der Waals surface area contributed by atoms with Crippen molar-refractivity contribution in [2.45, 2.75) is 39.0 Å². The zero-order chi connectivity index (χ0) is 14.3. The summed E-state index contributed by atoms with van der Waals surface area (Å²) >= 11 is 0. The minimum atomic E-state index is -0.567. The summed E-state index contributed by atoms with van der Waals surface area (Å²) in [5, 5.41) is 5.17. The molecule has 0 aromatic heterocycles. The molecule has 1 atom stereocenters. The Morgan fingerprint density at radius 1 is 1.32 bits per heavy atom. The van der Waals surface area contributed by atoms with Gasteiger partial charge in [-0.2, -0.15) is 0 Å². The largest absolute Gasteiger partial charge is 0.444 e. The summed E-state index contributed by atoms with van der Waals surface area (Å²) in [6, 6.07) is 9.57. The SMILES string of the molecule is CC(C)(C)OC(=O)N[C@@H](Cc1ccccc1)NC=O. The van der Waals surface area contributed by atoms with Gasteiger partial charge in [0.15, 0.2) is 0 Å². The summed E-state index contributed by atoms with van der Waals surface area (Å²) in [6.45, 7) is 5.35. The number of carbonyl (C=O) groups excluding carboxylic acids is 2. The maximum atomic E-state index is 11.6. The Morgan fingerprint density at radius 3 is 2.47 bits per heavy atom. The van der Waals surface area contributed by atoms with Gasteiger partial charge in [0.2, 0.25) is 6.41 Å². The Bertz CT molecular complexity index is 412. The van der Waals surface area contributed by atoms with E-state index in [1.165, 1.54) is 0 Å². The molecular formula is C14H20N2O3. The fourth-order valence-electron chi connectivity index (χ4n) is 1.53. The summed E-state index contributed by atoms with van der Waals surface area (Å²) in [5.74, 6) is 0. The van der Waals surface area contributed by atoms with Crippen LogP contribution in [0.3, 0.4) is 0 Å². The van der Waals surface area contributed by atoms with E-state index in [-0.39, 0.29) is 0 Å². The second kappa shape index (κ2) is 6.78. The highest BCUT2D eigenvalue weighted by molar-refractivity contribution is 5.68. The summed E-state index contributed by atoms with van der Waals surface area (Å²) in [5.41, 5.74) is 0.445. The van der Waals surface area contributed by atoms with Gasteiger partial charge in [0.05, 0.1) is 0 Å². The molecule has 0 aliphatic carbocycles. The third-order valence-electron chi connectivity index (χ3n) is 2.24. The van der Waals surface area contributed by atoms with Crippen molar-refractivity contribution in [2.75, 3.05) is 0 Å². The summed E-state index contributed by atoms with van der Waals surface area (Å²) in [7, 11) is 0. The van der Waals surface area contributed by atoms with Gasteiger partial charge in [-0.3, -0.25) is 4.79 Å². The van der Waals surface area contributed by atoms with Gasteiger partial charge >= 0.3 is 6.09 Å². The second-order valence-electron chi connectivity index (χ2n) is 5.17. The average molecular weight is 264 g/mol. The number of ether oxygens (including phenoxy) is 1. The van der Waals surface area contributed by atoms with Gasteiger partial charge in [-0.1, -0.05) is 30.3 Å². The van der Waals surface area contributed by atoms with Crippen LogP contribution in [0.4, 0.5) is 4.79 Å². The first-order chi connectivity index (χ1) is 8.90. The molecule has 19 heavy (non-hydrogen) atoms. The molecule has 0 radical (unpaired) electrons. The summed E-state index contributed by atoms with van der Waals surface area (Å²) in [6.07, 6.45) is 0.0154. The van der Waals surface area contributed by atoms with Crippen molar-refractivity contribution in [3.05, 3.63) is 35.9 Å². The number of alkyl carbamates (subject to hydrolysis) is 1. The average Bonchev–Trinajstić information content (AvgIpc) is 2.27. The van der Waals surface area contributed by atoms with E-state index in [9.17, 15) is 9.59 Å². The van der Waals surface area contributed by atoms with Crippen LogP contribution in [0.1, 0.15) is 26.3 Å². The molecule has 1 aromatic carbocycles. The van der Waals surface area contributed by atoms with E-state index in [2.05, 4.69) is 10.6 Å². The molecule has 1 rings (SSSR count). The van der Waals surface area contributed by atoms with Crippen LogP contribution in [0.15, 0.2) is 30.3 Å². The maximum Gasteiger partial charge on any atom is 0.409 e. The van der Waals surface area contributed by atoms with Crippen LogP contribution in [0.2, 0.25) is 0 Å². The van der Waals surface area contributed by atoms with E-state index in [4.69, 9.17) is 4.74 Å². The molecule has 0 saturated heterocycles. The van der Waals surface area contributed by atoms with Crippen molar-refractivity contribution in [1.29, 1.82) is 0 Å². The first-order valence-corrected chi connectivity index (χ1v) is 6.14. The molecule has 5 nitrogen and oxygen atoms in total. The first kappa shape index (κ1) is 15.0. The molecule has 0 heterocycles. The normalized spacial score (nSPS) is 12.4. The Kier molecular flexibility index (Phi) is 5.36. The molecule has 0 fully saturated rings. The lowest BCUT2D eigenvalue weighted by molar-refractivity contribution is -0.110. The van der Waals surface area contributed by atoms with Gasteiger partial charge in [-0.25, -0.2) is 4.79 Å². The lowest BCUT2D eigenvalue weighted by Crippen LogP contribution is -2.48. The molecule has 2 N–H and O–H groups in total. The van der Waals surface area contributed by atoms with Crippen molar-refractivity contribution in [1.82, 2.24) is 10.6 Å². The molecule has 0 spiro atoms. The Hall–Kier alpha value is -2.04. The van der Waals surface area contributed by atoms with Crippen molar-refractivity contribution in [2.24, 2.45) is 0 Å². The van der Waals surface area contributed by atoms with E-state index in [0.29, 0.717) is 12.8 Å². The molecule has 0 aliphatic heterocycles. The Morgan fingerprint density at radius 2 is 1.95 bits per heavy atom. The van der Waals surface area contributed by atoms with E-state index < -0.39 is 17.9 Å². The summed E-state index contributed by atoms with van der Waals surface area (Å²) < 4.78 is 5.15. The quantitative estimate of drug-likeness (QED) is 0.629. The van der Waals surface area contributed by atoms with Crippen molar-refractivity contribution >= 4 is 12.5 Å². The molecule has 2 amide bonds. The first-order valence-electron chi connectivity index (χ1n) is 6.14. The molecule has 0 unspecified atom stereocenters. The molecule has 1 aromatic rings. The zero-order valence-corrected chi connectivity index (χ0v) is 11.5. The fourth-order valence-corrected chi connectivity index (χ4v) is 1.53. The number of hydrogen-bond acceptors (Lipinski definition) is 3. The number of hydrogen-bond donors (Lipinski definition) is 2. The van der Waals surface area contributed by atoms with E-state index >= 15 is 0 Å². The summed E-state index contributed by atoms with van der Waals surface area (Å²) in [4.78, 5) is 22.2. The number of amides is 2. The molecule has 0 saturated carbocycles. The maximum absolute atomic E-state index is 11.6. The molecule has 0 aliphatic rings. The van der Waals surface area contributed by atoms with Crippen molar-refractivity contribution in [3.8, 4) is 0 Å².